The highest BCUT2D eigenvalue weighted by Crippen LogP contribution is 2.29. The van der Waals surface area contributed by atoms with Gasteiger partial charge in [0.1, 0.15) is 0 Å². The van der Waals surface area contributed by atoms with E-state index in [-0.39, 0.29) is 11.6 Å². The summed E-state index contributed by atoms with van der Waals surface area (Å²) in [4.78, 5) is 0. The Morgan fingerprint density at radius 3 is 2.55 bits per heavy atom. The molecule has 1 saturated carbocycles. The zero-order chi connectivity index (χ0) is 13.9. The van der Waals surface area contributed by atoms with Crippen LogP contribution in [-0.4, -0.2) is 13.2 Å². The van der Waals surface area contributed by atoms with Gasteiger partial charge < -0.3 is 10.1 Å². The summed E-state index contributed by atoms with van der Waals surface area (Å²) < 4.78 is 19.2. The van der Waals surface area contributed by atoms with Gasteiger partial charge in [-0.25, -0.2) is 4.39 Å². The van der Waals surface area contributed by atoms with Crippen molar-refractivity contribution in [1.29, 1.82) is 0 Å². The first-order chi connectivity index (χ1) is 9.78. The minimum Gasteiger partial charge on any atom is -0.494 e. The molecule has 1 aliphatic rings. The lowest BCUT2D eigenvalue weighted by Crippen LogP contribution is -2.15. The first kappa shape index (κ1) is 13.1. The van der Waals surface area contributed by atoms with E-state index in [1.165, 1.54) is 25.5 Å². The summed E-state index contributed by atoms with van der Waals surface area (Å²) in [6, 6.07) is 13.9. The second-order valence-electron chi connectivity index (χ2n) is 5.17. The molecule has 104 valence electrons. The summed E-state index contributed by atoms with van der Waals surface area (Å²) in [6.45, 7) is 0.880. The molecule has 0 heterocycles. The van der Waals surface area contributed by atoms with E-state index in [0.29, 0.717) is 11.6 Å². The maximum Gasteiger partial charge on any atom is 0.172 e. The molecule has 1 N–H and O–H groups in total. The Balaban J connectivity index is 1.79. The Kier molecular flexibility index (Phi) is 3.70. The molecule has 3 rings (SSSR count). The number of hydrogen-bond donors (Lipinski definition) is 1. The van der Waals surface area contributed by atoms with E-state index >= 15 is 0 Å². The van der Waals surface area contributed by atoms with Gasteiger partial charge in [0.15, 0.2) is 11.6 Å². The van der Waals surface area contributed by atoms with Crippen LogP contribution in [0.4, 0.5) is 4.39 Å². The molecular formula is C17H18FNO. The fourth-order valence-electron chi connectivity index (χ4n) is 2.24. The molecule has 0 amide bonds. The summed E-state index contributed by atoms with van der Waals surface area (Å²) in [5.41, 5.74) is 2.67. The number of ether oxygens (including phenoxy) is 1. The van der Waals surface area contributed by atoms with Crippen molar-refractivity contribution in [2.75, 3.05) is 7.11 Å². The van der Waals surface area contributed by atoms with Crippen molar-refractivity contribution in [2.24, 2.45) is 0 Å². The third-order valence-electron chi connectivity index (χ3n) is 3.62. The van der Waals surface area contributed by atoms with E-state index in [1.54, 1.807) is 18.2 Å². The number of benzene rings is 2. The predicted molar refractivity (Wildman–Crippen MR) is 78.2 cm³/mol. The zero-order valence-corrected chi connectivity index (χ0v) is 11.5. The minimum absolute atomic E-state index is 0.280. The first-order valence-electron chi connectivity index (χ1n) is 6.93. The van der Waals surface area contributed by atoms with Crippen molar-refractivity contribution >= 4 is 0 Å². The summed E-state index contributed by atoms with van der Waals surface area (Å²) in [5, 5.41) is 3.47. The van der Waals surface area contributed by atoms with E-state index < -0.39 is 0 Å². The molecule has 2 nitrogen and oxygen atoms in total. The standard InChI is InChI=1S/C17H18FNO/c1-20-16-4-2-3-15(17(16)18)13-7-5-12(6-8-13)11-19-14-9-10-14/h2-8,14,19H,9-11H2,1H3. The summed E-state index contributed by atoms with van der Waals surface area (Å²) >= 11 is 0. The van der Waals surface area contributed by atoms with Gasteiger partial charge in [0.2, 0.25) is 0 Å². The average Bonchev–Trinajstić information content (AvgIpc) is 3.30. The molecule has 0 radical (unpaired) electrons. The predicted octanol–water partition coefficient (Wildman–Crippen LogP) is 3.75. The molecule has 1 aliphatic carbocycles. The summed E-state index contributed by atoms with van der Waals surface area (Å²) in [6.07, 6.45) is 2.57. The number of nitrogens with one attached hydrogen (secondary N) is 1. The van der Waals surface area contributed by atoms with Crippen LogP contribution in [0.15, 0.2) is 42.5 Å². The normalized spacial score (nSPS) is 14.3. The molecule has 1 fully saturated rings. The SMILES string of the molecule is COc1cccc(-c2ccc(CNC3CC3)cc2)c1F. The fraction of sp³-hybridized carbons (Fsp3) is 0.294. The molecule has 0 unspecified atom stereocenters. The highest BCUT2D eigenvalue weighted by Gasteiger charge is 2.19. The summed E-state index contributed by atoms with van der Waals surface area (Å²) in [5.74, 6) is -0.0270. The second-order valence-corrected chi connectivity index (χ2v) is 5.17. The number of rotatable bonds is 5. The highest BCUT2D eigenvalue weighted by molar-refractivity contribution is 5.66. The molecule has 0 saturated heterocycles. The molecule has 0 atom stereocenters. The Morgan fingerprint density at radius 1 is 1.15 bits per heavy atom. The van der Waals surface area contributed by atoms with Crippen molar-refractivity contribution in [2.45, 2.75) is 25.4 Å². The van der Waals surface area contributed by atoms with Gasteiger partial charge in [0.05, 0.1) is 7.11 Å². The smallest absolute Gasteiger partial charge is 0.172 e. The van der Waals surface area contributed by atoms with Crippen LogP contribution in [0.25, 0.3) is 11.1 Å². The number of halogens is 1. The molecule has 0 spiro atoms. The third kappa shape index (κ3) is 2.83. The molecule has 3 heteroatoms. The quantitative estimate of drug-likeness (QED) is 0.894. The molecule has 20 heavy (non-hydrogen) atoms. The lowest BCUT2D eigenvalue weighted by molar-refractivity contribution is 0.387. The van der Waals surface area contributed by atoms with Crippen LogP contribution in [0.3, 0.4) is 0 Å². The first-order valence-corrected chi connectivity index (χ1v) is 6.93. The zero-order valence-electron chi connectivity index (χ0n) is 11.5. The lowest BCUT2D eigenvalue weighted by Gasteiger charge is -2.09. The Bertz CT molecular complexity index is 590. The Hall–Kier alpha value is -1.87. The van der Waals surface area contributed by atoms with Gasteiger partial charge in [-0.2, -0.15) is 0 Å². The average molecular weight is 271 g/mol. The van der Waals surface area contributed by atoms with Crippen LogP contribution in [0, 0.1) is 5.82 Å². The van der Waals surface area contributed by atoms with Crippen molar-refractivity contribution in [3.8, 4) is 16.9 Å². The highest BCUT2D eigenvalue weighted by atomic mass is 19.1. The van der Waals surface area contributed by atoms with E-state index in [9.17, 15) is 4.39 Å². The molecular weight excluding hydrogens is 253 g/mol. The third-order valence-corrected chi connectivity index (χ3v) is 3.62. The minimum atomic E-state index is -0.307. The number of methoxy groups -OCH3 is 1. The Labute approximate surface area is 118 Å². The van der Waals surface area contributed by atoms with Gasteiger partial charge in [-0.1, -0.05) is 36.4 Å². The lowest BCUT2D eigenvalue weighted by atomic mass is 10.0. The maximum atomic E-state index is 14.2. The molecule has 0 aromatic heterocycles. The van der Waals surface area contributed by atoms with Gasteiger partial charge in [-0.05, 0) is 30.0 Å². The Morgan fingerprint density at radius 2 is 1.90 bits per heavy atom. The van der Waals surface area contributed by atoms with Gasteiger partial charge >= 0.3 is 0 Å². The van der Waals surface area contributed by atoms with E-state index in [0.717, 1.165) is 12.1 Å². The van der Waals surface area contributed by atoms with Crippen LogP contribution < -0.4 is 10.1 Å². The molecule has 0 aliphatic heterocycles. The van der Waals surface area contributed by atoms with Gasteiger partial charge in [0, 0.05) is 18.2 Å². The van der Waals surface area contributed by atoms with Crippen LogP contribution in [0.5, 0.6) is 5.75 Å². The van der Waals surface area contributed by atoms with E-state index in [4.69, 9.17) is 4.74 Å². The van der Waals surface area contributed by atoms with Crippen molar-refractivity contribution in [3.63, 3.8) is 0 Å². The molecule has 2 aromatic rings. The molecule has 0 bridgehead atoms. The number of hydrogen-bond acceptors (Lipinski definition) is 2. The van der Waals surface area contributed by atoms with Gasteiger partial charge in [0.25, 0.3) is 0 Å². The largest absolute Gasteiger partial charge is 0.494 e. The topological polar surface area (TPSA) is 21.3 Å². The van der Waals surface area contributed by atoms with Crippen LogP contribution in [0.1, 0.15) is 18.4 Å². The van der Waals surface area contributed by atoms with Crippen LogP contribution in [0.2, 0.25) is 0 Å². The molecule has 2 aromatic carbocycles. The van der Waals surface area contributed by atoms with E-state index in [2.05, 4.69) is 5.32 Å². The second kappa shape index (κ2) is 5.63. The van der Waals surface area contributed by atoms with Crippen LogP contribution in [-0.2, 0) is 6.54 Å². The fourth-order valence-corrected chi connectivity index (χ4v) is 2.24. The monoisotopic (exact) mass is 271 g/mol. The summed E-state index contributed by atoms with van der Waals surface area (Å²) in [7, 11) is 1.48. The van der Waals surface area contributed by atoms with Gasteiger partial charge in [-0.15, -0.1) is 0 Å². The van der Waals surface area contributed by atoms with Crippen LogP contribution >= 0.6 is 0 Å². The van der Waals surface area contributed by atoms with E-state index in [1.807, 2.05) is 24.3 Å². The van der Waals surface area contributed by atoms with Crippen molar-refractivity contribution in [3.05, 3.63) is 53.8 Å². The van der Waals surface area contributed by atoms with Crippen molar-refractivity contribution < 1.29 is 9.13 Å². The maximum absolute atomic E-state index is 14.2. The van der Waals surface area contributed by atoms with Gasteiger partial charge in [-0.3, -0.25) is 0 Å². The van der Waals surface area contributed by atoms with Crippen molar-refractivity contribution in [1.82, 2.24) is 5.32 Å².